The molecule has 0 aliphatic heterocycles. The minimum atomic E-state index is -4.49. The molecule has 0 radical (unpaired) electrons. The molecule has 37 heavy (non-hydrogen) atoms. The second-order valence-electron chi connectivity index (χ2n) is 9.31. The molecular formula is C28H24F8O. The number of rotatable bonds is 6. The Morgan fingerprint density at radius 3 is 2.05 bits per heavy atom. The van der Waals surface area contributed by atoms with Gasteiger partial charge < -0.3 is 4.74 Å². The minimum Gasteiger partial charge on any atom is -0.308 e. The Kier molecular flexibility index (Phi) is 7.65. The zero-order chi connectivity index (χ0) is 27.1. The van der Waals surface area contributed by atoms with E-state index >= 15 is 0 Å². The predicted molar refractivity (Wildman–Crippen MR) is 123 cm³/mol. The van der Waals surface area contributed by atoms with Gasteiger partial charge in [-0.1, -0.05) is 31.2 Å². The van der Waals surface area contributed by atoms with Crippen LogP contribution in [0.3, 0.4) is 0 Å². The van der Waals surface area contributed by atoms with Gasteiger partial charge in [-0.3, -0.25) is 0 Å². The Bertz CT molecular complexity index is 1230. The Morgan fingerprint density at radius 2 is 1.51 bits per heavy atom. The topological polar surface area (TPSA) is 9.23 Å². The second kappa shape index (κ2) is 10.4. The average molecular weight is 528 g/mol. The summed E-state index contributed by atoms with van der Waals surface area (Å²) in [5.74, 6) is -7.05. The van der Waals surface area contributed by atoms with Gasteiger partial charge in [0.2, 0.25) is 0 Å². The average Bonchev–Trinajstić information content (AvgIpc) is 2.81. The third-order valence-electron chi connectivity index (χ3n) is 6.81. The lowest BCUT2D eigenvalue weighted by Gasteiger charge is -2.28. The fraction of sp³-hybridized carbons (Fsp3) is 0.357. The molecule has 0 spiro atoms. The molecule has 0 amide bonds. The first-order valence-electron chi connectivity index (χ1n) is 11.8. The summed E-state index contributed by atoms with van der Waals surface area (Å²) in [7, 11) is 0. The molecule has 2 aromatic carbocycles. The van der Waals surface area contributed by atoms with E-state index in [2.05, 4.69) is 4.74 Å². The number of halogens is 8. The maximum Gasteiger partial charge on any atom is 0.389 e. The molecule has 4 unspecified atom stereocenters. The van der Waals surface area contributed by atoms with Crippen LogP contribution in [0, 0.1) is 36.1 Å². The molecule has 0 saturated carbocycles. The van der Waals surface area contributed by atoms with Crippen LogP contribution < -0.4 is 0 Å². The molecule has 2 aliphatic carbocycles. The lowest BCUT2D eigenvalue weighted by molar-refractivity contribution is -0.267. The minimum absolute atomic E-state index is 0.0134. The van der Waals surface area contributed by atoms with E-state index in [4.69, 9.17) is 0 Å². The molecule has 0 N–H and O–H groups in total. The quantitative estimate of drug-likeness (QED) is 0.269. The second-order valence-corrected chi connectivity index (χ2v) is 9.31. The van der Waals surface area contributed by atoms with Crippen molar-refractivity contribution in [3.05, 3.63) is 99.9 Å². The largest absolute Gasteiger partial charge is 0.389 e. The van der Waals surface area contributed by atoms with Crippen molar-refractivity contribution in [1.29, 1.82) is 0 Å². The van der Waals surface area contributed by atoms with Gasteiger partial charge in [-0.25, -0.2) is 26.3 Å². The van der Waals surface area contributed by atoms with Crippen molar-refractivity contribution in [2.24, 2.45) is 5.92 Å². The lowest BCUT2D eigenvalue weighted by Crippen LogP contribution is -2.29. The molecule has 0 fully saturated rings. The monoisotopic (exact) mass is 528 g/mol. The molecule has 4 atom stereocenters. The summed E-state index contributed by atoms with van der Waals surface area (Å²) in [4.78, 5) is 0. The molecule has 0 heterocycles. The van der Waals surface area contributed by atoms with Crippen LogP contribution in [0.1, 0.15) is 54.4 Å². The Hall–Kier alpha value is -2.94. The van der Waals surface area contributed by atoms with E-state index in [0.717, 1.165) is 24.3 Å². The van der Waals surface area contributed by atoms with Crippen molar-refractivity contribution >= 4 is 5.57 Å². The fourth-order valence-corrected chi connectivity index (χ4v) is 4.63. The van der Waals surface area contributed by atoms with Gasteiger partial charge in [0.25, 0.3) is 0 Å². The summed E-state index contributed by atoms with van der Waals surface area (Å²) in [6.07, 6.45) is -2.21. The zero-order valence-electron chi connectivity index (χ0n) is 20.0. The van der Waals surface area contributed by atoms with E-state index in [1.54, 1.807) is 6.08 Å². The summed E-state index contributed by atoms with van der Waals surface area (Å²) in [6, 6.07) is 3.12. The van der Waals surface area contributed by atoms with Crippen LogP contribution in [0.2, 0.25) is 0 Å². The van der Waals surface area contributed by atoms with Gasteiger partial charge in [-0.2, -0.15) is 8.78 Å². The Morgan fingerprint density at radius 1 is 0.892 bits per heavy atom. The molecule has 198 valence electrons. The molecule has 9 heteroatoms. The third kappa shape index (κ3) is 5.51. The van der Waals surface area contributed by atoms with Crippen LogP contribution in [0.15, 0.2) is 54.4 Å². The molecule has 0 saturated heterocycles. The van der Waals surface area contributed by atoms with Gasteiger partial charge in [0.1, 0.15) is 40.8 Å². The molecular weight excluding hydrogens is 504 g/mol. The first-order valence-corrected chi connectivity index (χ1v) is 11.8. The highest BCUT2D eigenvalue weighted by Gasteiger charge is 2.43. The van der Waals surface area contributed by atoms with E-state index in [1.165, 1.54) is 13.0 Å². The molecule has 1 nitrogen and oxygen atoms in total. The van der Waals surface area contributed by atoms with Gasteiger partial charge in [0.05, 0.1) is 6.10 Å². The third-order valence-corrected chi connectivity index (χ3v) is 6.81. The van der Waals surface area contributed by atoms with Gasteiger partial charge >= 0.3 is 6.11 Å². The summed E-state index contributed by atoms with van der Waals surface area (Å²) in [5, 5.41) is 0. The maximum atomic E-state index is 14.8. The van der Waals surface area contributed by atoms with E-state index in [9.17, 15) is 35.1 Å². The van der Waals surface area contributed by atoms with Crippen LogP contribution in [0.25, 0.3) is 5.57 Å². The van der Waals surface area contributed by atoms with Crippen molar-refractivity contribution in [2.45, 2.75) is 57.4 Å². The number of allylic oxidation sites excluding steroid dienone is 4. The Balaban J connectivity index is 1.54. The highest BCUT2D eigenvalue weighted by molar-refractivity contribution is 5.77. The highest BCUT2D eigenvalue weighted by atomic mass is 19.3. The number of hydrogen-bond donors (Lipinski definition) is 0. The zero-order valence-corrected chi connectivity index (χ0v) is 20.0. The summed E-state index contributed by atoms with van der Waals surface area (Å²) in [5.41, 5.74) is -2.42. The summed E-state index contributed by atoms with van der Waals surface area (Å²) >= 11 is 0. The summed E-state index contributed by atoms with van der Waals surface area (Å²) < 4.78 is 121. The molecule has 4 rings (SSSR count). The number of alkyl halides is 3. The van der Waals surface area contributed by atoms with E-state index in [1.807, 2.05) is 6.92 Å². The van der Waals surface area contributed by atoms with E-state index in [0.29, 0.717) is 18.6 Å². The van der Waals surface area contributed by atoms with Gasteiger partial charge in [-0.05, 0) is 61.1 Å². The van der Waals surface area contributed by atoms with Gasteiger partial charge in [0, 0.05) is 23.5 Å². The highest BCUT2D eigenvalue weighted by Crippen LogP contribution is 2.41. The smallest absolute Gasteiger partial charge is 0.308 e. The fourth-order valence-electron chi connectivity index (χ4n) is 4.63. The molecule has 0 aromatic heterocycles. The van der Waals surface area contributed by atoms with Crippen LogP contribution in [0.5, 0.6) is 0 Å². The Labute approximate surface area is 209 Å². The summed E-state index contributed by atoms with van der Waals surface area (Å²) in [6.45, 7) is 3.08. The lowest BCUT2D eigenvalue weighted by atomic mass is 9.81. The van der Waals surface area contributed by atoms with Crippen molar-refractivity contribution in [3.63, 3.8) is 0 Å². The standard InChI is InChI=1S/C28H24F8O/c1-3-15-4-6-19(23(31)8-15)17-11-25(33)27(26(34)12-17)28(35,36)37-18-5-7-20(24(32)13-18)16-9-21(29)14(2)22(30)10-16/h4-7,9-12,15,18-19,23H,3,8,13H2,1-2H3. The SMILES string of the molecule is CCC1C=CC(c2cc(F)c(C(F)(F)OC3C=CC(c4cc(F)c(C)c(F)c4)=C(F)C3)c(F)c2)C(F)C1. The molecule has 2 aromatic rings. The van der Waals surface area contributed by atoms with Gasteiger partial charge in [0.15, 0.2) is 0 Å². The number of ether oxygens (including phenoxy) is 1. The van der Waals surface area contributed by atoms with Crippen LogP contribution in [-0.2, 0) is 10.8 Å². The van der Waals surface area contributed by atoms with Crippen molar-refractivity contribution in [3.8, 4) is 0 Å². The van der Waals surface area contributed by atoms with Crippen molar-refractivity contribution in [1.82, 2.24) is 0 Å². The first-order chi connectivity index (χ1) is 17.4. The van der Waals surface area contributed by atoms with Crippen LogP contribution in [0.4, 0.5) is 35.1 Å². The van der Waals surface area contributed by atoms with Gasteiger partial charge in [-0.15, -0.1) is 0 Å². The van der Waals surface area contributed by atoms with E-state index < -0.39 is 65.4 Å². The van der Waals surface area contributed by atoms with Crippen molar-refractivity contribution < 1.29 is 39.9 Å². The molecule has 0 bridgehead atoms. The van der Waals surface area contributed by atoms with Crippen LogP contribution >= 0.6 is 0 Å². The first kappa shape index (κ1) is 27.1. The number of hydrogen-bond acceptors (Lipinski definition) is 1. The molecule has 2 aliphatic rings. The predicted octanol–water partition coefficient (Wildman–Crippen LogP) is 8.73. The normalized spacial score (nSPS) is 24.2. The maximum absolute atomic E-state index is 14.8. The number of benzene rings is 2. The van der Waals surface area contributed by atoms with Crippen molar-refractivity contribution in [2.75, 3.05) is 0 Å². The van der Waals surface area contributed by atoms with Crippen LogP contribution in [-0.4, -0.2) is 12.3 Å². The van der Waals surface area contributed by atoms with E-state index in [-0.39, 0.29) is 34.6 Å².